The predicted molar refractivity (Wildman–Crippen MR) is 89.2 cm³/mol. The summed E-state index contributed by atoms with van der Waals surface area (Å²) in [5.74, 6) is 0. The zero-order valence-corrected chi connectivity index (χ0v) is 14.5. The van der Waals surface area contributed by atoms with Crippen LogP contribution in [0, 0.1) is 0 Å². The van der Waals surface area contributed by atoms with Crippen LogP contribution in [0.5, 0.6) is 0 Å². The fourth-order valence-corrected chi connectivity index (χ4v) is 2.24. The van der Waals surface area contributed by atoms with E-state index in [1.807, 2.05) is 0 Å². The van der Waals surface area contributed by atoms with Gasteiger partial charge in [-0.3, -0.25) is 0 Å². The molecule has 1 atom stereocenters. The van der Waals surface area contributed by atoms with Gasteiger partial charge in [0.1, 0.15) is 0 Å². The molecule has 1 N–H and O–H groups in total. The predicted octanol–water partition coefficient (Wildman–Crippen LogP) is 5.90. The van der Waals surface area contributed by atoms with Gasteiger partial charge in [-0.25, -0.2) is 0 Å². The third-order valence-electron chi connectivity index (χ3n) is 4.11. The molecule has 0 aromatic carbocycles. The fourth-order valence-electron chi connectivity index (χ4n) is 2.16. The molecule has 0 aromatic heterocycles. The average molecular weight is 290 g/mol. The number of hydrogen-bond donors (Lipinski definition) is 1. The van der Waals surface area contributed by atoms with Crippen LogP contribution in [0.2, 0.25) is 0 Å². The standard InChI is InChI=1S/C17H36ClN/c1-5-6-7-8-9-10-11-12-13-14-15-19-17(3,4)16(2)18/h16,19H,5-15H2,1-4H3. The van der Waals surface area contributed by atoms with Crippen molar-refractivity contribution in [3.05, 3.63) is 0 Å². The molecule has 0 aliphatic carbocycles. The minimum atomic E-state index is 0.0564. The van der Waals surface area contributed by atoms with E-state index in [2.05, 4.69) is 33.0 Å². The van der Waals surface area contributed by atoms with Gasteiger partial charge in [-0.1, -0.05) is 64.7 Å². The van der Waals surface area contributed by atoms with Gasteiger partial charge < -0.3 is 5.32 Å². The smallest absolute Gasteiger partial charge is 0.0484 e. The SMILES string of the molecule is CCCCCCCCCCCCNC(C)(C)C(C)Cl. The Morgan fingerprint density at radius 2 is 1.26 bits per heavy atom. The zero-order chi connectivity index (χ0) is 14.6. The lowest BCUT2D eigenvalue weighted by Gasteiger charge is -2.29. The minimum absolute atomic E-state index is 0.0564. The first-order valence-electron chi connectivity index (χ1n) is 8.39. The third-order valence-corrected chi connectivity index (χ3v) is 4.65. The number of hydrogen-bond acceptors (Lipinski definition) is 1. The summed E-state index contributed by atoms with van der Waals surface area (Å²) in [6.45, 7) is 9.80. The molecule has 0 aliphatic heterocycles. The van der Waals surface area contributed by atoms with Gasteiger partial charge in [0, 0.05) is 10.9 Å². The molecule has 0 saturated carbocycles. The van der Waals surface area contributed by atoms with Crippen molar-refractivity contribution in [3.63, 3.8) is 0 Å². The summed E-state index contributed by atoms with van der Waals surface area (Å²) in [5.41, 5.74) is 0.0564. The van der Waals surface area contributed by atoms with Crippen LogP contribution in [-0.4, -0.2) is 17.5 Å². The number of rotatable bonds is 13. The molecule has 1 nitrogen and oxygen atoms in total. The molecule has 116 valence electrons. The molecular formula is C17H36ClN. The molecule has 0 fully saturated rings. The largest absolute Gasteiger partial charge is 0.310 e. The summed E-state index contributed by atoms with van der Waals surface area (Å²) in [6, 6.07) is 0. The molecule has 1 unspecified atom stereocenters. The topological polar surface area (TPSA) is 12.0 Å². The van der Waals surface area contributed by atoms with Crippen LogP contribution in [0.15, 0.2) is 0 Å². The minimum Gasteiger partial charge on any atom is -0.310 e. The maximum absolute atomic E-state index is 6.14. The highest BCUT2D eigenvalue weighted by molar-refractivity contribution is 6.21. The van der Waals surface area contributed by atoms with E-state index >= 15 is 0 Å². The van der Waals surface area contributed by atoms with E-state index < -0.39 is 0 Å². The Morgan fingerprint density at radius 3 is 1.68 bits per heavy atom. The van der Waals surface area contributed by atoms with E-state index in [1.165, 1.54) is 64.2 Å². The maximum Gasteiger partial charge on any atom is 0.0484 e. The zero-order valence-electron chi connectivity index (χ0n) is 13.7. The van der Waals surface area contributed by atoms with Gasteiger partial charge in [0.05, 0.1) is 0 Å². The van der Waals surface area contributed by atoms with Crippen LogP contribution >= 0.6 is 11.6 Å². The average Bonchev–Trinajstić information content (AvgIpc) is 2.35. The first-order valence-corrected chi connectivity index (χ1v) is 8.83. The van der Waals surface area contributed by atoms with Gasteiger partial charge in [0.2, 0.25) is 0 Å². The van der Waals surface area contributed by atoms with E-state index in [0.29, 0.717) is 0 Å². The van der Waals surface area contributed by atoms with Crippen molar-refractivity contribution in [2.45, 2.75) is 103 Å². The highest BCUT2D eigenvalue weighted by Gasteiger charge is 2.22. The number of alkyl halides is 1. The third kappa shape index (κ3) is 11.8. The fraction of sp³-hybridized carbons (Fsp3) is 1.00. The highest BCUT2D eigenvalue weighted by Crippen LogP contribution is 2.15. The van der Waals surface area contributed by atoms with Gasteiger partial charge in [0.15, 0.2) is 0 Å². The molecule has 0 bridgehead atoms. The molecule has 0 aliphatic rings. The molecule has 0 heterocycles. The second kappa shape index (κ2) is 12.0. The Hall–Kier alpha value is 0.250. The summed E-state index contributed by atoms with van der Waals surface area (Å²) < 4.78 is 0. The van der Waals surface area contributed by atoms with E-state index in [0.717, 1.165) is 6.54 Å². The number of halogens is 1. The summed E-state index contributed by atoms with van der Waals surface area (Å²) >= 11 is 6.14. The van der Waals surface area contributed by atoms with Gasteiger partial charge in [-0.15, -0.1) is 11.6 Å². The Kier molecular flexibility index (Phi) is 12.2. The Labute approximate surface area is 126 Å². The van der Waals surface area contributed by atoms with Crippen LogP contribution in [0.3, 0.4) is 0 Å². The first kappa shape index (κ1) is 19.2. The summed E-state index contributed by atoms with van der Waals surface area (Å²) in [7, 11) is 0. The second-order valence-electron chi connectivity index (χ2n) is 6.45. The van der Waals surface area contributed by atoms with E-state index in [4.69, 9.17) is 11.6 Å². The summed E-state index contributed by atoms with van der Waals surface area (Å²) in [5, 5.41) is 3.73. The Morgan fingerprint density at radius 1 is 0.842 bits per heavy atom. The quantitative estimate of drug-likeness (QED) is 0.329. The molecule has 0 rings (SSSR count). The molecule has 0 amide bonds. The molecule has 0 spiro atoms. The van der Waals surface area contributed by atoms with Crippen molar-refractivity contribution in [1.29, 1.82) is 0 Å². The van der Waals surface area contributed by atoms with Crippen molar-refractivity contribution in [1.82, 2.24) is 5.32 Å². The van der Waals surface area contributed by atoms with Crippen LogP contribution in [-0.2, 0) is 0 Å². The van der Waals surface area contributed by atoms with Gasteiger partial charge in [0.25, 0.3) is 0 Å². The van der Waals surface area contributed by atoms with E-state index in [-0.39, 0.29) is 10.9 Å². The van der Waals surface area contributed by atoms with Crippen molar-refractivity contribution < 1.29 is 0 Å². The molecule has 2 heteroatoms. The Bertz CT molecular complexity index is 190. The van der Waals surface area contributed by atoms with Crippen molar-refractivity contribution in [3.8, 4) is 0 Å². The summed E-state index contributed by atoms with van der Waals surface area (Å²) in [4.78, 5) is 0. The molecule has 0 radical (unpaired) electrons. The first-order chi connectivity index (χ1) is 9.00. The van der Waals surface area contributed by atoms with Gasteiger partial charge >= 0.3 is 0 Å². The monoisotopic (exact) mass is 289 g/mol. The molecule has 19 heavy (non-hydrogen) atoms. The van der Waals surface area contributed by atoms with E-state index in [1.54, 1.807) is 0 Å². The number of unbranched alkanes of at least 4 members (excludes halogenated alkanes) is 9. The van der Waals surface area contributed by atoms with Gasteiger partial charge in [-0.2, -0.15) is 0 Å². The second-order valence-corrected chi connectivity index (χ2v) is 7.10. The maximum atomic E-state index is 6.14. The molecule has 0 saturated heterocycles. The lowest BCUT2D eigenvalue weighted by atomic mass is 10.0. The lowest BCUT2D eigenvalue weighted by molar-refractivity contribution is 0.375. The van der Waals surface area contributed by atoms with Crippen molar-refractivity contribution in [2.75, 3.05) is 6.54 Å². The number of nitrogens with one attached hydrogen (secondary N) is 1. The van der Waals surface area contributed by atoms with Crippen LogP contribution < -0.4 is 5.32 Å². The Balaban J connectivity index is 3.19. The van der Waals surface area contributed by atoms with Crippen molar-refractivity contribution in [2.24, 2.45) is 0 Å². The normalized spacial score (nSPS) is 13.7. The van der Waals surface area contributed by atoms with Crippen LogP contribution in [0.4, 0.5) is 0 Å². The highest BCUT2D eigenvalue weighted by atomic mass is 35.5. The molecule has 0 aromatic rings. The molecular weight excluding hydrogens is 254 g/mol. The summed E-state index contributed by atoms with van der Waals surface area (Å²) in [6.07, 6.45) is 14.0. The lowest BCUT2D eigenvalue weighted by Crippen LogP contribution is -2.46. The van der Waals surface area contributed by atoms with Crippen LogP contribution in [0.1, 0.15) is 91.9 Å². The van der Waals surface area contributed by atoms with E-state index in [9.17, 15) is 0 Å². The van der Waals surface area contributed by atoms with Gasteiger partial charge in [-0.05, 0) is 33.7 Å². The van der Waals surface area contributed by atoms with Crippen LogP contribution in [0.25, 0.3) is 0 Å². The van der Waals surface area contributed by atoms with Crippen molar-refractivity contribution >= 4 is 11.6 Å².